The molecule has 0 rings (SSSR count). The minimum absolute atomic E-state index is 0.320. The third kappa shape index (κ3) is 21.1. The van der Waals surface area contributed by atoms with Gasteiger partial charge in [-0.15, -0.1) is 0 Å². The Morgan fingerprint density at radius 1 is 0.880 bits per heavy atom. The van der Waals surface area contributed by atoms with Crippen LogP contribution in [-0.2, 0) is 4.79 Å². The van der Waals surface area contributed by atoms with Crippen LogP contribution >= 0.6 is 0 Å². The van der Waals surface area contributed by atoms with Crippen LogP contribution in [0.2, 0.25) is 0 Å². The standard InChI is InChI=1S/C21H41NO3/c1-2-3-19-22-20(23)17-15-13-11-9-7-5-4-6-8-10-12-14-16-18-21(24)25/h9,11,20,22-23H,2-8,10,12-19H2,1H3,(H,24,25)/b11-9-. The number of carbonyl (C=O) groups is 1. The predicted octanol–water partition coefficient (Wildman–Crippen LogP) is 5.41. The number of hydrogen-bond acceptors (Lipinski definition) is 3. The number of rotatable bonds is 19. The van der Waals surface area contributed by atoms with Crippen LogP contribution in [0, 0.1) is 0 Å². The lowest BCUT2D eigenvalue weighted by molar-refractivity contribution is -0.137. The van der Waals surface area contributed by atoms with E-state index in [0.717, 1.165) is 57.9 Å². The molecule has 0 aliphatic rings. The van der Waals surface area contributed by atoms with Crippen molar-refractivity contribution >= 4 is 5.97 Å². The smallest absolute Gasteiger partial charge is 0.303 e. The maximum atomic E-state index is 10.4. The number of aliphatic hydroxyl groups is 1. The fourth-order valence-corrected chi connectivity index (χ4v) is 2.81. The van der Waals surface area contributed by atoms with Gasteiger partial charge in [-0.2, -0.15) is 0 Å². The summed E-state index contributed by atoms with van der Waals surface area (Å²) in [4.78, 5) is 10.4. The molecule has 148 valence electrons. The Bertz CT molecular complexity index is 318. The van der Waals surface area contributed by atoms with Crippen LogP contribution in [-0.4, -0.2) is 29.0 Å². The molecule has 4 nitrogen and oxygen atoms in total. The molecule has 0 aliphatic heterocycles. The first kappa shape index (κ1) is 24.1. The van der Waals surface area contributed by atoms with E-state index in [4.69, 9.17) is 5.11 Å². The summed E-state index contributed by atoms with van der Waals surface area (Å²) in [5.74, 6) is -0.673. The van der Waals surface area contributed by atoms with E-state index in [-0.39, 0.29) is 6.23 Å². The van der Waals surface area contributed by atoms with Gasteiger partial charge in [0.1, 0.15) is 6.23 Å². The fourth-order valence-electron chi connectivity index (χ4n) is 2.81. The quantitative estimate of drug-likeness (QED) is 0.165. The number of hydrogen-bond donors (Lipinski definition) is 3. The zero-order valence-electron chi connectivity index (χ0n) is 16.3. The zero-order chi connectivity index (χ0) is 18.6. The van der Waals surface area contributed by atoms with Crippen LogP contribution in [0.1, 0.15) is 103 Å². The van der Waals surface area contributed by atoms with Gasteiger partial charge in [0.25, 0.3) is 0 Å². The molecular formula is C21H41NO3. The fraction of sp³-hybridized carbons (Fsp3) is 0.857. The third-order valence-corrected chi connectivity index (χ3v) is 4.44. The van der Waals surface area contributed by atoms with Crippen LogP contribution in [0.5, 0.6) is 0 Å². The Morgan fingerprint density at radius 2 is 1.44 bits per heavy atom. The van der Waals surface area contributed by atoms with E-state index < -0.39 is 5.97 Å². The van der Waals surface area contributed by atoms with Gasteiger partial charge >= 0.3 is 5.97 Å². The summed E-state index contributed by atoms with van der Waals surface area (Å²) in [6.07, 6.45) is 20.3. The maximum Gasteiger partial charge on any atom is 0.303 e. The van der Waals surface area contributed by atoms with Crippen molar-refractivity contribution < 1.29 is 15.0 Å². The molecule has 0 aromatic rings. The lowest BCUT2D eigenvalue weighted by Gasteiger charge is -2.11. The zero-order valence-corrected chi connectivity index (χ0v) is 16.3. The number of unbranched alkanes of at least 4 members (excludes halogenated alkanes) is 10. The molecule has 1 atom stereocenters. The number of aliphatic hydroxyl groups excluding tert-OH is 1. The normalized spacial score (nSPS) is 12.7. The molecule has 25 heavy (non-hydrogen) atoms. The summed E-state index contributed by atoms with van der Waals surface area (Å²) in [6, 6.07) is 0. The Labute approximate surface area is 155 Å². The van der Waals surface area contributed by atoms with Crippen molar-refractivity contribution in [1.29, 1.82) is 0 Å². The number of nitrogens with one attached hydrogen (secondary N) is 1. The van der Waals surface area contributed by atoms with Gasteiger partial charge in [-0.1, -0.05) is 64.0 Å². The van der Waals surface area contributed by atoms with Crippen molar-refractivity contribution in [2.45, 2.75) is 109 Å². The molecule has 0 bridgehead atoms. The van der Waals surface area contributed by atoms with Gasteiger partial charge in [0.15, 0.2) is 0 Å². The lowest BCUT2D eigenvalue weighted by atomic mass is 10.1. The van der Waals surface area contributed by atoms with Crippen molar-refractivity contribution in [1.82, 2.24) is 5.32 Å². The van der Waals surface area contributed by atoms with Crippen molar-refractivity contribution in [2.75, 3.05) is 6.54 Å². The second kappa shape index (κ2) is 19.5. The van der Waals surface area contributed by atoms with Crippen LogP contribution in [0.15, 0.2) is 12.2 Å². The summed E-state index contributed by atoms with van der Waals surface area (Å²) >= 11 is 0. The molecule has 0 radical (unpaired) electrons. The molecule has 1 unspecified atom stereocenters. The van der Waals surface area contributed by atoms with E-state index in [9.17, 15) is 9.90 Å². The Balaban J connectivity index is 3.19. The van der Waals surface area contributed by atoms with Crippen molar-refractivity contribution in [3.8, 4) is 0 Å². The Morgan fingerprint density at radius 3 is 2.04 bits per heavy atom. The summed E-state index contributed by atoms with van der Waals surface area (Å²) in [6.45, 7) is 3.07. The van der Waals surface area contributed by atoms with E-state index in [1.165, 1.54) is 38.5 Å². The molecule has 0 saturated carbocycles. The van der Waals surface area contributed by atoms with Crippen LogP contribution in [0.3, 0.4) is 0 Å². The molecule has 0 aliphatic carbocycles. The van der Waals surface area contributed by atoms with Crippen molar-refractivity contribution in [2.24, 2.45) is 0 Å². The number of carboxylic acids is 1. The SMILES string of the molecule is CCCCNC(O)CCC/C=C\CCCCCCCCCCC(=O)O. The average molecular weight is 356 g/mol. The molecule has 0 amide bonds. The van der Waals surface area contributed by atoms with Crippen LogP contribution < -0.4 is 5.32 Å². The molecule has 0 heterocycles. The first-order chi connectivity index (χ1) is 12.2. The highest BCUT2D eigenvalue weighted by molar-refractivity contribution is 5.66. The van der Waals surface area contributed by atoms with Gasteiger partial charge in [-0.25, -0.2) is 0 Å². The maximum absolute atomic E-state index is 10.4. The molecule has 0 saturated heterocycles. The van der Waals surface area contributed by atoms with Gasteiger partial charge in [-0.05, 0) is 51.5 Å². The summed E-state index contributed by atoms with van der Waals surface area (Å²) in [7, 11) is 0. The van der Waals surface area contributed by atoms with Gasteiger partial charge in [0, 0.05) is 6.42 Å². The van der Waals surface area contributed by atoms with E-state index in [0.29, 0.717) is 6.42 Å². The van der Waals surface area contributed by atoms with Gasteiger partial charge in [-0.3, -0.25) is 10.1 Å². The van der Waals surface area contributed by atoms with E-state index in [1.54, 1.807) is 0 Å². The van der Waals surface area contributed by atoms with E-state index in [1.807, 2.05) is 0 Å². The third-order valence-electron chi connectivity index (χ3n) is 4.44. The molecule has 3 N–H and O–H groups in total. The molecule has 0 aromatic carbocycles. The van der Waals surface area contributed by atoms with E-state index >= 15 is 0 Å². The van der Waals surface area contributed by atoms with Gasteiger partial charge in [0.05, 0.1) is 0 Å². The summed E-state index contributed by atoms with van der Waals surface area (Å²) < 4.78 is 0. The molecule has 0 fully saturated rings. The second-order valence-electron chi connectivity index (χ2n) is 6.99. The summed E-state index contributed by atoms with van der Waals surface area (Å²) in [5.41, 5.74) is 0. The highest BCUT2D eigenvalue weighted by atomic mass is 16.4. The minimum atomic E-state index is -0.673. The van der Waals surface area contributed by atoms with Crippen LogP contribution in [0.4, 0.5) is 0 Å². The average Bonchev–Trinajstić information content (AvgIpc) is 2.58. The summed E-state index contributed by atoms with van der Waals surface area (Å²) in [5, 5.41) is 21.4. The highest BCUT2D eigenvalue weighted by Crippen LogP contribution is 2.11. The largest absolute Gasteiger partial charge is 0.481 e. The topological polar surface area (TPSA) is 69.6 Å². The number of allylic oxidation sites excluding steroid dienone is 2. The van der Waals surface area contributed by atoms with Crippen LogP contribution in [0.25, 0.3) is 0 Å². The monoisotopic (exact) mass is 355 g/mol. The lowest BCUT2D eigenvalue weighted by Crippen LogP contribution is -2.29. The van der Waals surface area contributed by atoms with Crippen molar-refractivity contribution in [3.05, 3.63) is 12.2 Å². The minimum Gasteiger partial charge on any atom is -0.481 e. The first-order valence-corrected chi connectivity index (χ1v) is 10.4. The Hall–Kier alpha value is -0.870. The van der Waals surface area contributed by atoms with Gasteiger partial charge < -0.3 is 10.2 Å². The number of aliphatic carboxylic acids is 1. The second-order valence-corrected chi connectivity index (χ2v) is 6.99. The molecule has 4 heteroatoms. The Kier molecular flexibility index (Phi) is 18.8. The van der Waals surface area contributed by atoms with E-state index in [2.05, 4.69) is 24.4 Å². The first-order valence-electron chi connectivity index (χ1n) is 10.4. The molecule has 0 spiro atoms. The molecular weight excluding hydrogens is 314 g/mol. The van der Waals surface area contributed by atoms with Gasteiger partial charge in [0.2, 0.25) is 0 Å². The van der Waals surface area contributed by atoms with Crippen molar-refractivity contribution in [3.63, 3.8) is 0 Å². The highest BCUT2D eigenvalue weighted by Gasteiger charge is 2.00. The number of carboxylic acid groups (broad SMARTS) is 1. The molecule has 0 aromatic heterocycles. The predicted molar refractivity (Wildman–Crippen MR) is 106 cm³/mol.